The predicted octanol–water partition coefficient (Wildman–Crippen LogP) is 2.84. The van der Waals surface area contributed by atoms with Crippen LogP contribution in [0.15, 0.2) is 59.4 Å². The van der Waals surface area contributed by atoms with Gasteiger partial charge in [-0.05, 0) is 48.4 Å². The van der Waals surface area contributed by atoms with E-state index in [0.29, 0.717) is 29.4 Å². The second-order valence-corrected chi connectivity index (χ2v) is 6.60. The molecule has 1 amide bonds. The fourth-order valence-corrected chi connectivity index (χ4v) is 2.85. The fourth-order valence-electron chi connectivity index (χ4n) is 2.62. The van der Waals surface area contributed by atoms with Crippen LogP contribution >= 0.6 is 11.6 Å². The van der Waals surface area contributed by atoms with Crippen molar-refractivity contribution in [3.05, 3.63) is 75.5 Å². The molecular weight excluding hydrogens is 394 g/mol. The third-order valence-electron chi connectivity index (χ3n) is 4.16. The molecule has 8 heteroatoms. The summed E-state index contributed by atoms with van der Waals surface area (Å²) in [5.74, 6) is 0.955. The van der Waals surface area contributed by atoms with E-state index in [1.54, 1.807) is 31.4 Å². The number of carbonyl (C=O) groups excluding carboxylic acids is 1. The van der Waals surface area contributed by atoms with Gasteiger partial charge < -0.3 is 14.8 Å². The Morgan fingerprint density at radius 3 is 2.59 bits per heavy atom. The topological polar surface area (TPSA) is 93.3 Å². The van der Waals surface area contributed by atoms with Crippen LogP contribution in [0.2, 0.25) is 5.02 Å². The van der Waals surface area contributed by atoms with Crippen molar-refractivity contribution in [1.29, 1.82) is 0 Å². The van der Waals surface area contributed by atoms with Gasteiger partial charge in [0.25, 0.3) is 11.5 Å². The summed E-state index contributed by atoms with van der Waals surface area (Å²) in [6.45, 7) is 0.359. The summed E-state index contributed by atoms with van der Waals surface area (Å²) >= 11 is 6.24. The highest BCUT2D eigenvalue weighted by Crippen LogP contribution is 2.29. The second-order valence-electron chi connectivity index (χ2n) is 6.19. The number of nitrogens with zero attached hydrogens (tertiary/aromatic N) is 1. The quantitative estimate of drug-likeness (QED) is 0.592. The minimum absolute atomic E-state index is 0.140. The number of methoxy groups -OCH3 is 1. The zero-order chi connectivity index (χ0) is 20.6. The Bertz CT molecular complexity index is 1010. The molecule has 150 valence electrons. The Kier molecular flexibility index (Phi) is 6.86. The van der Waals surface area contributed by atoms with Gasteiger partial charge in [0.15, 0.2) is 6.61 Å². The number of ether oxygens (including phenoxy) is 2. The molecule has 0 spiro atoms. The van der Waals surface area contributed by atoms with Gasteiger partial charge in [0.05, 0.1) is 17.8 Å². The van der Waals surface area contributed by atoms with Gasteiger partial charge in [0, 0.05) is 18.2 Å². The van der Waals surface area contributed by atoms with Crippen LogP contribution in [-0.4, -0.2) is 36.4 Å². The van der Waals surface area contributed by atoms with Crippen LogP contribution < -0.4 is 20.3 Å². The third-order valence-corrected chi connectivity index (χ3v) is 4.46. The monoisotopic (exact) mass is 413 g/mol. The smallest absolute Gasteiger partial charge is 0.264 e. The van der Waals surface area contributed by atoms with E-state index in [4.69, 9.17) is 21.1 Å². The molecule has 29 heavy (non-hydrogen) atoms. The van der Waals surface area contributed by atoms with Crippen molar-refractivity contribution in [1.82, 2.24) is 15.5 Å². The van der Waals surface area contributed by atoms with Crippen LogP contribution in [0, 0.1) is 0 Å². The van der Waals surface area contributed by atoms with E-state index < -0.39 is 0 Å². The summed E-state index contributed by atoms with van der Waals surface area (Å²) in [5.41, 5.74) is 2.12. The van der Waals surface area contributed by atoms with Crippen LogP contribution in [0.3, 0.4) is 0 Å². The van der Waals surface area contributed by atoms with E-state index >= 15 is 0 Å². The van der Waals surface area contributed by atoms with Crippen molar-refractivity contribution in [3.8, 4) is 22.8 Å². The zero-order valence-electron chi connectivity index (χ0n) is 15.8. The normalized spacial score (nSPS) is 10.4. The van der Waals surface area contributed by atoms with E-state index in [0.717, 1.165) is 16.9 Å². The first-order valence-corrected chi connectivity index (χ1v) is 9.31. The molecule has 0 radical (unpaired) electrons. The second kappa shape index (κ2) is 9.75. The number of benzene rings is 2. The van der Waals surface area contributed by atoms with Crippen LogP contribution in [0.1, 0.15) is 5.56 Å². The standard InChI is InChI=1S/C21H20ClN3O4/c1-28-16-5-2-14(3-6-16)10-11-23-21(27)13-29-19-8-4-15(12-17(19)22)18-7-9-20(26)25-24-18/h2-9,12H,10-11,13H2,1H3,(H,23,27)(H,25,26). The van der Waals surface area contributed by atoms with Gasteiger partial charge in [-0.2, -0.15) is 5.10 Å². The molecule has 1 heterocycles. The molecule has 2 aromatic carbocycles. The lowest BCUT2D eigenvalue weighted by atomic mass is 10.1. The van der Waals surface area contributed by atoms with Crippen molar-refractivity contribution < 1.29 is 14.3 Å². The molecule has 0 atom stereocenters. The molecule has 3 aromatic rings. The maximum atomic E-state index is 12.0. The number of amides is 1. The van der Waals surface area contributed by atoms with Crippen molar-refractivity contribution in [3.63, 3.8) is 0 Å². The molecule has 0 unspecified atom stereocenters. The largest absolute Gasteiger partial charge is 0.497 e. The molecule has 7 nitrogen and oxygen atoms in total. The van der Waals surface area contributed by atoms with Gasteiger partial charge in [-0.1, -0.05) is 23.7 Å². The Hall–Kier alpha value is -3.32. The first kappa shape index (κ1) is 20.4. The minimum atomic E-state index is -0.280. The number of H-pyrrole nitrogens is 1. The molecule has 0 aliphatic heterocycles. The number of halogens is 1. The number of hydrogen-bond donors (Lipinski definition) is 2. The summed E-state index contributed by atoms with van der Waals surface area (Å²) < 4.78 is 10.6. The van der Waals surface area contributed by atoms with E-state index in [1.807, 2.05) is 24.3 Å². The van der Waals surface area contributed by atoms with Gasteiger partial charge in [-0.3, -0.25) is 9.59 Å². The average Bonchev–Trinajstić information content (AvgIpc) is 2.74. The van der Waals surface area contributed by atoms with Crippen molar-refractivity contribution in [2.45, 2.75) is 6.42 Å². The predicted molar refractivity (Wildman–Crippen MR) is 111 cm³/mol. The molecule has 2 N–H and O–H groups in total. The first-order chi connectivity index (χ1) is 14.0. The lowest BCUT2D eigenvalue weighted by molar-refractivity contribution is -0.123. The molecular formula is C21H20ClN3O4. The number of aromatic nitrogens is 2. The highest BCUT2D eigenvalue weighted by atomic mass is 35.5. The molecule has 0 aliphatic carbocycles. The van der Waals surface area contributed by atoms with E-state index in [-0.39, 0.29) is 18.1 Å². The van der Waals surface area contributed by atoms with Gasteiger partial charge in [0.1, 0.15) is 11.5 Å². The zero-order valence-corrected chi connectivity index (χ0v) is 16.5. The van der Waals surface area contributed by atoms with Crippen LogP contribution in [-0.2, 0) is 11.2 Å². The molecule has 0 saturated heterocycles. The first-order valence-electron chi connectivity index (χ1n) is 8.93. The van der Waals surface area contributed by atoms with Crippen molar-refractivity contribution in [2.75, 3.05) is 20.3 Å². The van der Waals surface area contributed by atoms with Crippen LogP contribution in [0.25, 0.3) is 11.3 Å². The number of nitrogens with one attached hydrogen (secondary N) is 2. The maximum Gasteiger partial charge on any atom is 0.264 e. The summed E-state index contributed by atoms with van der Waals surface area (Å²) in [6.07, 6.45) is 0.706. The Morgan fingerprint density at radius 2 is 1.93 bits per heavy atom. The van der Waals surface area contributed by atoms with Gasteiger partial charge in [0.2, 0.25) is 0 Å². The van der Waals surface area contributed by atoms with E-state index in [1.165, 1.54) is 6.07 Å². The Balaban J connectivity index is 1.48. The lowest BCUT2D eigenvalue weighted by Gasteiger charge is -2.10. The SMILES string of the molecule is COc1ccc(CCNC(=O)COc2ccc(-c3ccc(=O)[nH]n3)cc2Cl)cc1. The summed E-state index contributed by atoms with van der Waals surface area (Å²) in [4.78, 5) is 23.1. The van der Waals surface area contributed by atoms with Crippen LogP contribution in [0.4, 0.5) is 0 Å². The number of hydrogen-bond acceptors (Lipinski definition) is 5. The van der Waals surface area contributed by atoms with E-state index in [2.05, 4.69) is 15.5 Å². The van der Waals surface area contributed by atoms with Gasteiger partial charge in [-0.25, -0.2) is 5.10 Å². The Labute approximate surface area is 172 Å². The molecule has 0 fully saturated rings. The van der Waals surface area contributed by atoms with Crippen molar-refractivity contribution in [2.24, 2.45) is 0 Å². The maximum absolute atomic E-state index is 12.0. The molecule has 0 saturated carbocycles. The number of aromatic amines is 1. The van der Waals surface area contributed by atoms with Gasteiger partial charge in [-0.15, -0.1) is 0 Å². The summed E-state index contributed by atoms with van der Waals surface area (Å²) in [7, 11) is 1.62. The molecule has 3 rings (SSSR count). The third kappa shape index (κ3) is 5.83. The molecule has 0 aliphatic rings. The van der Waals surface area contributed by atoms with Crippen LogP contribution in [0.5, 0.6) is 11.5 Å². The highest BCUT2D eigenvalue weighted by molar-refractivity contribution is 6.32. The summed E-state index contributed by atoms with van der Waals surface area (Å²) in [5, 5.41) is 9.48. The van der Waals surface area contributed by atoms with Gasteiger partial charge >= 0.3 is 0 Å². The number of carbonyl (C=O) groups is 1. The fraction of sp³-hybridized carbons (Fsp3) is 0.190. The minimum Gasteiger partial charge on any atom is -0.497 e. The molecule has 0 bridgehead atoms. The Morgan fingerprint density at radius 1 is 1.14 bits per heavy atom. The molecule has 1 aromatic heterocycles. The number of rotatable bonds is 8. The highest BCUT2D eigenvalue weighted by Gasteiger charge is 2.08. The van der Waals surface area contributed by atoms with E-state index in [9.17, 15) is 9.59 Å². The lowest BCUT2D eigenvalue weighted by Crippen LogP contribution is -2.30. The summed E-state index contributed by atoms with van der Waals surface area (Å²) in [6, 6.07) is 15.7. The average molecular weight is 414 g/mol. The van der Waals surface area contributed by atoms with Crippen molar-refractivity contribution >= 4 is 17.5 Å².